The Hall–Kier alpha value is 0.210. The van der Waals surface area contributed by atoms with Crippen LogP contribution in [0.4, 0.5) is 0 Å². The van der Waals surface area contributed by atoms with Crippen LogP contribution < -0.4 is 0 Å². The maximum atomic E-state index is 5.75. The lowest BCUT2D eigenvalue weighted by molar-refractivity contribution is 0.0534. The summed E-state index contributed by atoms with van der Waals surface area (Å²) in [5.74, 6) is 1.20. The average molecular weight is 195 g/mol. The minimum Gasteiger partial charge on any atom is -0.382 e. The Bertz CT molecular complexity index is 88.6. The van der Waals surface area contributed by atoms with E-state index in [0.29, 0.717) is 25.0 Å². The minimum atomic E-state index is 0.508. The van der Waals surface area contributed by atoms with E-state index in [4.69, 9.17) is 21.1 Å². The molecule has 0 bridgehead atoms. The van der Waals surface area contributed by atoms with Crippen LogP contribution >= 0.6 is 11.6 Å². The maximum Gasteiger partial charge on any atom is 0.0700 e. The molecule has 0 aromatic rings. The summed E-state index contributed by atoms with van der Waals surface area (Å²) in [5, 5.41) is 0. The van der Waals surface area contributed by atoms with Crippen LogP contribution in [0.25, 0.3) is 0 Å². The highest BCUT2D eigenvalue weighted by molar-refractivity contribution is 6.18. The number of hydrogen-bond acceptors (Lipinski definition) is 2. The number of methoxy groups -OCH3 is 1. The van der Waals surface area contributed by atoms with E-state index in [0.717, 1.165) is 13.0 Å². The highest BCUT2D eigenvalue weighted by Crippen LogP contribution is 2.08. The van der Waals surface area contributed by atoms with Crippen LogP contribution in [0.1, 0.15) is 19.8 Å². The Morgan fingerprint density at radius 3 is 2.58 bits per heavy atom. The van der Waals surface area contributed by atoms with Gasteiger partial charge in [-0.2, -0.15) is 0 Å². The lowest BCUT2D eigenvalue weighted by atomic mass is 10.1. The molecule has 0 aliphatic heterocycles. The molecule has 0 aromatic carbocycles. The summed E-state index contributed by atoms with van der Waals surface area (Å²) >= 11 is 5.75. The van der Waals surface area contributed by atoms with E-state index in [2.05, 4.69) is 6.92 Å². The Kier molecular flexibility index (Phi) is 9.46. The van der Waals surface area contributed by atoms with Crippen molar-refractivity contribution in [2.24, 2.45) is 5.92 Å². The van der Waals surface area contributed by atoms with Crippen molar-refractivity contribution in [2.45, 2.75) is 19.8 Å². The van der Waals surface area contributed by atoms with Gasteiger partial charge in [-0.25, -0.2) is 0 Å². The first-order chi connectivity index (χ1) is 5.85. The second-order valence-electron chi connectivity index (χ2n) is 2.88. The van der Waals surface area contributed by atoms with Crippen molar-refractivity contribution in [1.82, 2.24) is 0 Å². The number of rotatable bonds is 8. The monoisotopic (exact) mass is 194 g/mol. The van der Waals surface area contributed by atoms with Gasteiger partial charge in [0.05, 0.1) is 19.8 Å². The Balaban J connectivity index is 3.19. The number of halogens is 1. The van der Waals surface area contributed by atoms with Crippen LogP contribution in [-0.2, 0) is 9.47 Å². The summed E-state index contributed by atoms with van der Waals surface area (Å²) in [6, 6.07) is 0. The molecule has 1 unspecified atom stereocenters. The van der Waals surface area contributed by atoms with Crippen molar-refractivity contribution in [3.8, 4) is 0 Å². The van der Waals surface area contributed by atoms with Gasteiger partial charge in [0.2, 0.25) is 0 Å². The quantitative estimate of drug-likeness (QED) is 0.436. The van der Waals surface area contributed by atoms with Crippen molar-refractivity contribution in [3.05, 3.63) is 0 Å². The zero-order chi connectivity index (χ0) is 9.23. The van der Waals surface area contributed by atoms with Crippen molar-refractivity contribution >= 4 is 11.6 Å². The van der Waals surface area contributed by atoms with Gasteiger partial charge in [-0.3, -0.25) is 0 Å². The van der Waals surface area contributed by atoms with E-state index in [1.54, 1.807) is 7.11 Å². The first kappa shape index (κ1) is 12.2. The highest BCUT2D eigenvalue weighted by atomic mass is 35.5. The maximum absolute atomic E-state index is 5.75. The van der Waals surface area contributed by atoms with Gasteiger partial charge in [-0.05, 0) is 12.3 Å². The SMILES string of the molecule is CCCC(CCl)COCCOC. The second kappa shape index (κ2) is 9.30. The van der Waals surface area contributed by atoms with Crippen molar-refractivity contribution in [1.29, 1.82) is 0 Å². The summed E-state index contributed by atoms with van der Waals surface area (Å²) in [6.07, 6.45) is 2.32. The molecule has 0 radical (unpaired) electrons. The predicted molar refractivity (Wildman–Crippen MR) is 51.8 cm³/mol. The molecule has 2 nitrogen and oxygen atoms in total. The molecule has 0 N–H and O–H groups in total. The topological polar surface area (TPSA) is 18.5 Å². The van der Waals surface area contributed by atoms with E-state index < -0.39 is 0 Å². The summed E-state index contributed by atoms with van der Waals surface area (Å²) in [5.41, 5.74) is 0. The fourth-order valence-electron chi connectivity index (χ4n) is 1.01. The van der Waals surface area contributed by atoms with Crippen LogP contribution in [0.3, 0.4) is 0 Å². The number of hydrogen-bond donors (Lipinski definition) is 0. The van der Waals surface area contributed by atoms with Gasteiger partial charge in [0, 0.05) is 13.0 Å². The van der Waals surface area contributed by atoms with Gasteiger partial charge in [0.15, 0.2) is 0 Å². The molecule has 0 rings (SSSR count). The molecular weight excluding hydrogens is 176 g/mol. The van der Waals surface area contributed by atoms with Crippen LogP contribution in [0, 0.1) is 5.92 Å². The molecule has 74 valence electrons. The third-order valence-electron chi connectivity index (χ3n) is 1.70. The van der Waals surface area contributed by atoms with Gasteiger partial charge in [-0.15, -0.1) is 11.6 Å². The van der Waals surface area contributed by atoms with Gasteiger partial charge in [-0.1, -0.05) is 13.3 Å². The zero-order valence-electron chi connectivity index (χ0n) is 8.01. The number of ether oxygens (including phenoxy) is 2. The molecule has 0 aliphatic carbocycles. The van der Waals surface area contributed by atoms with Crippen LogP contribution in [-0.4, -0.2) is 32.8 Å². The molecular formula is C9H19ClO2. The first-order valence-electron chi connectivity index (χ1n) is 4.47. The molecule has 12 heavy (non-hydrogen) atoms. The van der Waals surface area contributed by atoms with Gasteiger partial charge >= 0.3 is 0 Å². The van der Waals surface area contributed by atoms with E-state index in [-0.39, 0.29) is 0 Å². The fourth-order valence-corrected chi connectivity index (χ4v) is 1.25. The molecule has 0 amide bonds. The normalized spacial score (nSPS) is 13.2. The van der Waals surface area contributed by atoms with Gasteiger partial charge < -0.3 is 9.47 Å². The van der Waals surface area contributed by atoms with E-state index in [1.807, 2.05) is 0 Å². The molecule has 0 spiro atoms. The first-order valence-corrected chi connectivity index (χ1v) is 5.01. The lowest BCUT2D eigenvalue weighted by Crippen LogP contribution is -2.13. The van der Waals surface area contributed by atoms with Crippen molar-refractivity contribution < 1.29 is 9.47 Å². The molecule has 0 saturated carbocycles. The van der Waals surface area contributed by atoms with E-state index in [9.17, 15) is 0 Å². The highest BCUT2D eigenvalue weighted by Gasteiger charge is 2.05. The van der Waals surface area contributed by atoms with Crippen LogP contribution in [0.5, 0.6) is 0 Å². The molecule has 0 aliphatic rings. The molecule has 0 heterocycles. The van der Waals surface area contributed by atoms with Crippen molar-refractivity contribution in [2.75, 3.05) is 32.8 Å². The van der Waals surface area contributed by atoms with Gasteiger partial charge in [0.1, 0.15) is 0 Å². The molecule has 3 heteroatoms. The Morgan fingerprint density at radius 1 is 1.33 bits per heavy atom. The van der Waals surface area contributed by atoms with E-state index >= 15 is 0 Å². The molecule has 1 atom stereocenters. The Labute approximate surface area is 80.2 Å². The van der Waals surface area contributed by atoms with Crippen LogP contribution in [0.15, 0.2) is 0 Å². The van der Waals surface area contributed by atoms with Gasteiger partial charge in [0.25, 0.3) is 0 Å². The second-order valence-corrected chi connectivity index (χ2v) is 3.19. The summed E-state index contributed by atoms with van der Waals surface area (Å²) in [6.45, 7) is 4.27. The molecule has 0 fully saturated rings. The zero-order valence-corrected chi connectivity index (χ0v) is 8.77. The predicted octanol–water partition coefficient (Wildman–Crippen LogP) is 2.30. The lowest BCUT2D eigenvalue weighted by Gasteiger charge is -2.12. The fraction of sp³-hybridized carbons (Fsp3) is 1.00. The molecule has 0 aromatic heterocycles. The third-order valence-corrected chi connectivity index (χ3v) is 2.14. The largest absolute Gasteiger partial charge is 0.382 e. The minimum absolute atomic E-state index is 0.508. The summed E-state index contributed by atoms with van der Waals surface area (Å²) in [4.78, 5) is 0. The average Bonchev–Trinajstić information content (AvgIpc) is 2.10. The number of alkyl halides is 1. The third kappa shape index (κ3) is 6.89. The summed E-state index contributed by atoms with van der Waals surface area (Å²) < 4.78 is 10.2. The smallest absolute Gasteiger partial charge is 0.0700 e. The van der Waals surface area contributed by atoms with E-state index in [1.165, 1.54) is 6.42 Å². The standard InChI is InChI=1S/C9H19ClO2/c1-3-4-9(7-10)8-12-6-5-11-2/h9H,3-8H2,1-2H3. The van der Waals surface area contributed by atoms with Crippen LogP contribution in [0.2, 0.25) is 0 Å². The summed E-state index contributed by atoms with van der Waals surface area (Å²) in [7, 11) is 1.68. The Morgan fingerprint density at radius 2 is 2.08 bits per heavy atom. The molecule has 0 saturated heterocycles. The van der Waals surface area contributed by atoms with Crippen molar-refractivity contribution in [3.63, 3.8) is 0 Å².